The summed E-state index contributed by atoms with van der Waals surface area (Å²) in [6.45, 7) is 0. The van der Waals surface area contributed by atoms with Crippen LogP contribution in [0.5, 0.6) is 0 Å². The van der Waals surface area contributed by atoms with Crippen LogP contribution in [0.25, 0.3) is 0 Å². The minimum absolute atomic E-state index is 0.157. The van der Waals surface area contributed by atoms with Crippen molar-refractivity contribution in [3.8, 4) is 0 Å². The molecule has 4 nitrogen and oxygen atoms in total. The Morgan fingerprint density at radius 1 is 0.909 bits per heavy atom. The first kappa shape index (κ1) is 14.5. The largest absolute Gasteiger partial charge is 0.361 e. The molecule has 0 atom stereocenters. The van der Waals surface area contributed by atoms with Crippen molar-refractivity contribution in [2.24, 2.45) is 0 Å². The van der Waals surface area contributed by atoms with Crippen LogP contribution >= 0.6 is 0 Å². The van der Waals surface area contributed by atoms with Crippen LogP contribution in [0.3, 0.4) is 0 Å². The summed E-state index contributed by atoms with van der Waals surface area (Å²) >= 11 is 0. The van der Waals surface area contributed by atoms with Crippen molar-refractivity contribution in [1.82, 2.24) is 5.16 Å². The molecule has 0 saturated carbocycles. The quantitative estimate of drug-likeness (QED) is 0.725. The van der Waals surface area contributed by atoms with E-state index in [4.69, 9.17) is 4.52 Å². The van der Waals surface area contributed by atoms with Crippen LogP contribution in [0.1, 0.15) is 17.0 Å². The summed E-state index contributed by atoms with van der Waals surface area (Å²) in [6, 6.07) is 19.9. The molecule has 112 valence electrons. The van der Waals surface area contributed by atoms with Gasteiger partial charge in [-0.05, 0) is 17.7 Å². The zero-order valence-electron chi connectivity index (χ0n) is 11.8. The fourth-order valence-electron chi connectivity index (χ4n) is 2.21. The first-order chi connectivity index (χ1) is 10.6. The summed E-state index contributed by atoms with van der Waals surface area (Å²) in [7, 11) is -3.40. The van der Waals surface area contributed by atoms with Crippen LogP contribution in [0.2, 0.25) is 0 Å². The second-order valence-electron chi connectivity index (χ2n) is 5.02. The smallest absolute Gasteiger partial charge is 0.184 e. The van der Waals surface area contributed by atoms with Crippen LogP contribution in [0.4, 0.5) is 0 Å². The Labute approximate surface area is 129 Å². The van der Waals surface area contributed by atoms with Crippen LogP contribution in [-0.4, -0.2) is 13.6 Å². The Morgan fingerprint density at radius 3 is 2.23 bits per heavy atom. The van der Waals surface area contributed by atoms with Gasteiger partial charge >= 0.3 is 0 Å². The molecule has 1 aromatic heterocycles. The Morgan fingerprint density at radius 2 is 1.55 bits per heavy atom. The number of hydrogen-bond donors (Lipinski definition) is 0. The lowest BCUT2D eigenvalue weighted by atomic mass is 10.1. The number of aromatic nitrogens is 1. The second kappa shape index (κ2) is 6.15. The van der Waals surface area contributed by atoms with Gasteiger partial charge in [0.15, 0.2) is 9.84 Å². The molecular formula is C17H15NO3S. The molecule has 0 aliphatic heterocycles. The zero-order chi connectivity index (χ0) is 15.4. The molecule has 5 heteroatoms. The van der Waals surface area contributed by atoms with E-state index in [0.29, 0.717) is 22.8 Å². The van der Waals surface area contributed by atoms with Crippen molar-refractivity contribution >= 4 is 9.84 Å². The molecule has 2 aromatic carbocycles. The van der Waals surface area contributed by atoms with Gasteiger partial charge in [-0.2, -0.15) is 0 Å². The van der Waals surface area contributed by atoms with E-state index in [2.05, 4.69) is 5.16 Å². The summed E-state index contributed by atoms with van der Waals surface area (Å²) in [6.07, 6.45) is 0.596. The van der Waals surface area contributed by atoms with E-state index in [1.807, 2.05) is 30.3 Å². The van der Waals surface area contributed by atoms with Crippen molar-refractivity contribution in [2.75, 3.05) is 0 Å². The maximum absolute atomic E-state index is 12.3. The van der Waals surface area contributed by atoms with E-state index in [-0.39, 0.29) is 5.75 Å². The molecule has 0 unspecified atom stereocenters. The molecule has 0 fully saturated rings. The Bertz CT molecular complexity index is 840. The van der Waals surface area contributed by atoms with Gasteiger partial charge < -0.3 is 4.52 Å². The Balaban J connectivity index is 1.75. The molecule has 0 amide bonds. The number of sulfone groups is 1. The molecule has 0 radical (unpaired) electrons. The van der Waals surface area contributed by atoms with Gasteiger partial charge in [0, 0.05) is 12.5 Å². The minimum Gasteiger partial charge on any atom is -0.361 e. The van der Waals surface area contributed by atoms with E-state index < -0.39 is 9.84 Å². The van der Waals surface area contributed by atoms with Crippen LogP contribution in [-0.2, 0) is 22.0 Å². The van der Waals surface area contributed by atoms with E-state index in [1.54, 1.807) is 36.4 Å². The van der Waals surface area contributed by atoms with Gasteiger partial charge in [-0.1, -0.05) is 53.7 Å². The van der Waals surface area contributed by atoms with E-state index >= 15 is 0 Å². The van der Waals surface area contributed by atoms with Gasteiger partial charge in [-0.15, -0.1) is 0 Å². The predicted octanol–water partition coefficient (Wildman–Crippen LogP) is 3.24. The summed E-state index contributed by atoms with van der Waals surface area (Å²) in [5, 5.41) is 3.87. The van der Waals surface area contributed by atoms with Gasteiger partial charge in [-0.3, -0.25) is 0 Å². The highest BCUT2D eigenvalue weighted by Gasteiger charge is 2.17. The highest BCUT2D eigenvalue weighted by molar-refractivity contribution is 7.90. The SMILES string of the molecule is O=S(=O)(Cc1cc(Cc2ccccc2)on1)c1ccccc1. The predicted molar refractivity (Wildman–Crippen MR) is 83.1 cm³/mol. The first-order valence-electron chi connectivity index (χ1n) is 6.90. The monoisotopic (exact) mass is 313 g/mol. The third-order valence-electron chi connectivity index (χ3n) is 3.27. The summed E-state index contributed by atoms with van der Waals surface area (Å²) < 4.78 is 29.8. The lowest BCUT2D eigenvalue weighted by Crippen LogP contribution is -2.04. The summed E-state index contributed by atoms with van der Waals surface area (Å²) in [5.74, 6) is 0.499. The standard InChI is InChI=1S/C17H15NO3S/c19-22(20,17-9-5-2-6-10-17)13-15-12-16(21-18-15)11-14-7-3-1-4-8-14/h1-10,12H,11,13H2. The Hall–Kier alpha value is -2.40. The van der Waals surface area contributed by atoms with Crippen molar-refractivity contribution in [3.63, 3.8) is 0 Å². The minimum atomic E-state index is -3.40. The fraction of sp³-hybridized carbons (Fsp3) is 0.118. The van der Waals surface area contributed by atoms with Crippen LogP contribution in [0, 0.1) is 0 Å². The second-order valence-corrected chi connectivity index (χ2v) is 7.01. The van der Waals surface area contributed by atoms with Crippen LogP contribution < -0.4 is 0 Å². The van der Waals surface area contributed by atoms with Gasteiger partial charge in [0.25, 0.3) is 0 Å². The number of hydrogen-bond acceptors (Lipinski definition) is 4. The highest BCUT2D eigenvalue weighted by Crippen LogP contribution is 2.17. The molecule has 0 bridgehead atoms. The number of benzene rings is 2. The maximum Gasteiger partial charge on any atom is 0.184 e. The lowest BCUT2D eigenvalue weighted by Gasteiger charge is -2.00. The van der Waals surface area contributed by atoms with Crippen molar-refractivity contribution < 1.29 is 12.9 Å². The van der Waals surface area contributed by atoms with E-state index in [1.165, 1.54) is 0 Å². The lowest BCUT2D eigenvalue weighted by molar-refractivity contribution is 0.384. The molecular weight excluding hydrogens is 298 g/mol. The third kappa shape index (κ3) is 3.43. The van der Waals surface area contributed by atoms with E-state index in [9.17, 15) is 8.42 Å². The maximum atomic E-state index is 12.3. The summed E-state index contributed by atoms with van der Waals surface area (Å²) in [4.78, 5) is 0.294. The first-order valence-corrected chi connectivity index (χ1v) is 8.55. The number of rotatable bonds is 5. The molecule has 0 aliphatic rings. The summed E-state index contributed by atoms with van der Waals surface area (Å²) in [5.41, 5.74) is 1.52. The zero-order valence-corrected chi connectivity index (χ0v) is 12.7. The molecule has 0 saturated heterocycles. The molecule has 1 heterocycles. The third-order valence-corrected chi connectivity index (χ3v) is 4.94. The van der Waals surface area contributed by atoms with Gasteiger partial charge in [-0.25, -0.2) is 8.42 Å². The van der Waals surface area contributed by atoms with Crippen molar-refractivity contribution in [2.45, 2.75) is 17.1 Å². The van der Waals surface area contributed by atoms with Gasteiger partial charge in [0.1, 0.15) is 11.5 Å². The van der Waals surface area contributed by atoms with Crippen molar-refractivity contribution in [1.29, 1.82) is 0 Å². The molecule has 0 N–H and O–H groups in total. The fourth-order valence-corrected chi connectivity index (χ4v) is 3.47. The topological polar surface area (TPSA) is 60.2 Å². The van der Waals surface area contributed by atoms with Crippen molar-refractivity contribution in [3.05, 3.63) is 83.7 Å². The molecule has 0 spiro atoms. The highest BCUT2D eigenvalue weighted by atomic mass is 32.2. The van der Waals surface area contributed by atoms with E-state index in [0.717, 1.165) is 5.56 Å². The number of nitrogens with zero attached hydrogens (tertiary/aromatic N) is 1. The average Bonchev–Trinajstić information content (AvgIpc) is 2.95. The molecule has 3 aromatic rings. The van der Waals surface area contributed by atoms with Gasteiger partial charge in [0.05, 0.1) is 10.6 Å². The van der Waals surface area contributed by atoms with Crippen LogP contribution in [0.15, 0.2) is 76.1 Å². The van der Waals surface area contributed by atoms with Gasteiger partial charge in [0.2, 0.25) is 0 Å². The molecule has 22 heavy (non-hydrogen) atoms. The molecule has 0 aliphatic carbocycles. The normalized spacial score (nSPS) is 11.5. The Kier molecular flexibility index (Phi) is 4.06. The molecule has 3 rings (SSSR count). The average molecular weight is 313 g/mol.